The zero-order valence-electron chi connectivity index (χ0n) is 16.5. The van der Waals surface area contributed by atoms with Crippen molar-refractivity contribution in [3.05, 3.63) is 23.8 Å². The lowest BCUT2D eigenvalue weighted by Crippen LogP contribution is -2.50. The molecule has 1 fully saturated rings. The number of carbonyl (C=O) groups excluding carboxylic acids is 2. The molecule has 2 unspecified atom stereocenters. The van der Waals surface area contributed by atoms with Gasteiger partial charge in [0.2, 0.25) is 5.91 Å². The van der Waals surface area contributed by atoms with Crippen LogP contribution in [0.25, 0.3) is 0 Å². The van der Waals surface area contributed by atoms with Gasteiger partial charge in [-0.25, -0.2) is 0 Å². The maximum absolute atomic E-state index is 12.7. The average Bonchev–Trinajstić information content (AvgIpc) is 3.18. The minimum Gasteiger partial charge on any atom is -0.497 e. The van der Waals surface area contributed by atoms with Crippen LogP contribution < -0.4 is 20.1 Å². The van der Waals surface area contributed by atoms with Gasteiger partial charge in [0, 0.05) is 24.8 Å². The highest BCUT2D eigenvalue weighted by molar-refractivity contribution is 5.98. The molecule has 27 heavy (non-hydrogen) atoms. The van der Waals surface area contributed by atoms with Crippen LogP contribution in [0.3, 0.4) is 0 Å². The Balaban J connectivity index is 1.97. The van der Waals surface area contributed by atoms with Crippen molar-refractivity contribution >= 4 is 11.8 Å². The molecule has 7 heteroatoms. The molecule has 2 N–H and O–H groups in total. The Kier molecular flexibility index (Phi) is 7.91. The number of benzene rings is 1. The molecule has 0 aliphatic carbocycles. The first-order valence-electron chi connectivity index (χ1n) is 9.37. The largest absolute Gasteiger partial charge is 0.497 e. The lowest BCUT2D eigenvalue weighted by atomic mass is 10.0. The molecule has 150 valence electrons. The lowest BCUT2D eigenvalue weighted by molar-refractivity contribution is -0.124. The van der Waals surface area contributed by atoms with Crippen molar-refractivity contribution in [1.82, 2.24) is 10.6 Å². The van der Waals surface area contributed by atoms with E-state index in [2.05, 4.69) is 10.6 Å². The molecular formula is C20H30N2O5. The second kappa shape index (κ2) is 10.2. The Morgan fingerprint density at radius 3 is 2.37 bits per heavy atom. The first-order chi connectivity index (χ1) is 12.9. The molecule has 0 bridgehead atoms. The molecule has 1 heterocycles. The summed E-state index contributed by atoms with van der Waals surface area (Å²) in [5.41, 5.74) is 0.379. The van der Waals surface area contributed by atoms with Gasteiger partial charge in [0.05, 0.1) is 20.3 Å². The first kappa shape index (κ1) is 21.0. The minimum absolute atomic E-state index is 0.0517. The molecule has 0 saturated carbocycles. The van der Waals surface area contributed by atoms with E-state index in [9.17, 15) is 9.59 Å². The van der Waals surface area contributed by atoms with E-state index in [4.69, 9.17) is 14.2 Å². The summed E-state index contributed by atoms with van der Waals surface area (Å²) in [7, 11) is 3.05. The predicted molar refractivity (Wildman–Crippen MR) is 102 cm³/mol. The van der Waals surface area contributed by atoms with Crippen molar-refractivity contribution in [2.24, 2.45) is 5.92 Å². The molecule has 7 nitrogen and oxygen atoms in total. The first-order valence-corrected chi connectivity index (χ1v) is 9.37. The lowest BCUT2D eigenvalue weighted by Gasteiger charge is -2.22. The summed E-state index contributed by atoms with van der Waals surface area (Å²) in [5.74, 6) is 0.443. The van der Waals surface area contributed by atoms with Crippen LogP contribution in [0.1, 0.15) is 43.5 Å². The summed E-state index contributed by atoms with van der Waals surface area (Å²) < 4.78 is 16.0. The number of rotatable bonds is 9. The van der Waals surface area contributed by atoms with Crippen LogP contribution in [0.2, 0.25) is 0 Å². The third kappa shape index (κ3) is 6.13. The summed E-state index contributed by atoms with van der Waals surface area (Å²) in [5, 5.41) is 5.73. The standard InChI is InChI=1S/C20H30N2O5/c1-13(2)18(20(24)21-8-7-15-6-5-9-27-15)22-19(23)14-10-16(25-3)12-17(11-14)26-4/h10-13,15,18H,5-9H2,1-4H3,(H,21,24)(H,22,23). The Hall–Kier alpha value is -2.28. The molecule has 2 rings (SSSR count). The maximum atomic E-state index is 12.7. The third-order valence-corrected chi connectivity index (χ3v) is 4.64. The summed E-state index contributed by atoms with van der Waals surface area (Å²) in [6, 6.07) is 4.29. The molecule has 2 atom stereocenters. The van der Waals surface area contributed by atoms with Gasteiger partial charge in [-0.15, -0.1) is 0 Å². The second-order valence-corrected chi connectivity index (χ2v) is 7.01. The number of ether oxygens (including phenoxy) is 3. The Morgan fingerprint density at radius 1 is 1.19 bits per heavy atom. The topological polar surface area (TPSA) is 85.9 Å². The quantitative estimate of drug-likeness (QED) is 0.688. The number of amides is 2. The van der Waals surface area contributed by atoms with E-state index in [0.29, 0.717) is 23.6 Å². The van der Waals surface area contributed by atoms with E-state index in [-0.39, 0.29) is 23.8 Å². The molecule has 1 saturated heterocycles. The monoisotopic (exact) mass is 378 g/mol. The minimum atomic E-state index is -0.626. The van der Waals surface area contributed by atoms with Crippen LogP contribution in [0.5, 0.6) is 11.5 Å². The van der Waals surface area contributed by atoms with E-state index in [0.717, 1.165) is 25.9 Å². The number of hydrogen-bond donors (Lipinski definition) is 2. The Labute approximate surface area is 160 Å². The molecule has 2 amide bonds. The van der Waals surface area contributed by atoms with Gasteiger partial charge in [0.1, 0.15) is 17.5 Å². The number of nitrogens with one attached hydrogen (secondary N) is 2. The predicted octanol–water partition coefficient (Wildman–Crippen LogP) is 2.14. The van der Waals surface area contributed by atoms with E-state index in [1.165, 1.54) is 14.2 Å². The van der Waals surface area contributed by atoms with Gasteiger partial charge in [-0.1, -0.05) is 13.8 Å². The SMILES string of the molecule is COc1cc(OC)cc(C(=O)NC(C(=O)NCCC2CCCO2)C(C)C)c1. The van der Waals surface area contributed by atoms with Gasteiger partial charge >= 0.3 is 0 Å². The maximum Gasteiger partial charge on any atom is 0.252 e. The molecule has 0 aromatic heterocycles. The smallest absolute Gasteiger partial charge is 0.252 e. The van der Waals surface area contributed by atoms with E-state index < -0.39 is 6.04 Å². The van der Waals surface area contributed by atoms with Crippen molar-refractivity contribution in [3.63, 3.8) is 0 Å². The van der Waals surface area contributed by atoms with Gasteiger partial charge in [-0.2, -0.15) is 0 Å². The number of carbonyl (C=O) groups is 2. The van der Waals surface area contributed by atoms with Crippen LogP contribution in [-0.2, 0) is 9.53 Å². The summed E-state index contributed by atoms with van der Waals surface area (Å²) in [6.07, 6.45) is 3.13. The Morgan fingerprint density at radius 2 is 1.85 bits per heavy atom. The second-order valence-electron chi connectivity index (χ2n) is 7.01. The number of methoxy groups -OCH3 is 2. The molecule has 0 spiro atoms. The molecule has 1 aromatic carbocycles. The molecule has 1 aromatic rings. The zero-order valence-corrected chi connectivity index (χ0v) is 16.5. The van der Waals surface area contributed by atoms with Crippen LogP contribution in [-0.4, -0.2) is 51.3 Å². The van der Waals surface area contributed by atoms with Gasteiger partial charge in [0.15, 0.2) is 0 Å². The van der Waals surface area contributed by atoms with E-state index in [1.807, 2.05) is 13.8 Å². The zero-order chi connectivity index (χ0) is 19.8. The van der Waals surface area contributed by atoms with Gasteiger partial charge in [-0.05, 0) is 37.3 Å². The normalized spacial score (nSPS) is 17.4. The fraction of sp³-hybridized carbons (Fsp3) is 0.600. The summed E-state index contributed by atoms with van der Waals surface area (Å²) in [6.45, 7) is 5.14. The highest BCUT2D eigenvalue weighted by Crippen LogP contribution is 2.22. The van der Waals surface area contributed by atoms with E-state index >= 15 is 0 Å². The molecular weight excluding hydrogens is 348 g/mol. The fourth-order valence-corrected chi connectivity index (χ4v) is 3.04. The van der Waals surface area contributed by atoms with Crippen LogP contribution in [0.4, 0.5) is 0 Å². The van der Waals surface area contributed by atoms with Crippen LogP contribution >= 0.6 is 0 Å². The number of hydrogen-bond acceptors (Lipinski definition) is 5. The highest BCUT2D eigenvalue weighted by atomic mass is 16.5. The van der Waals surface area contributed by atoms with Gasteiger partial charge < -0.3 is 24.8 Å². The molecule has 1 aliphatic rings. The van der Waals surface area contributed by atoms with Crippen molar-refractivity contribution < 1.29 is 23.8 Å². The Bertz CT molecular complexity index is 619. The average molecular weight is 378 g/mol. The highest BCUT2D eigenvalue weighted by Gasteiger charge is 2.25. The summed E-state index contributed by atoms with van der Waals surface area (Å²) in [4.78, 5) is 25.2. The van der Waals surface area contributed by atoms with E-state index in [1.54, 1.807) is 18.2 Å². The third-order valence-electron chi connectivity index (χ3n) is 4.64. The molecule has 1 aliphatic heterocycles. The van der Waals surface area contributed by atoms with Crippen LogP contribution in [0, 0.1) is 5.92 Å². The van der Waals surface area contributed by atoms with Crippen molar-refractivity contribution in [2.75, 3.05) is 27.4 Å². The van der Waals surface area contributed by atoms with Gasteiger partial charge in [-0.3, -0.25) is 9.59 Å². The van der Waals surface area contributed by atoms with Gasteiger partial charge in [0.25, 0.3) is 5.91 Å². The van der Waals surface area contributed by atoms with Crippen molar-refractivity contribution in [1.29, 1.82) is 0 Å². The van der Waals surface area contributed by atoms with Crippen molar-refractivity contribution in [2.45, 2.75) is 45.3 Å². The van der Waals surface area contributed by atoms with Crippen molar-refractivity contribution in [3.8, 4) is 11.5 Å². The van der Waals surface area contributed by atoms with Crippen LogP contribution in [0.15, 0.2) is 18.2 Å². The summed E-state index contributed by atoms with van der Waals surface area (Å²) >= 11 is 0. The fourth-order valence-electron chi connectivity index (χ4n) is 3.04. The molecule has 0 radical (unpaired) electrons.